The fourth-order valence-electron chi connectivity index (χ4n) is 1.65. The third-order valence-electron chi connectivity index (χ3n) is 2.45. The van der Waals surface area contributed by atoms with Gasteiger partial charge in [-0.15, -0.1) is 0 Å². The Hall–Kier alpha value is -1.77. The summed E-state index contributed by atoms with van der Waals surface area (Å²) in [7, 11) is 0. The summed E-state index contributed by atoms with van der Waals surface area (Å²) < 4.78 is 0. The van der Waals surface area contributed by atoms with Gasteiger partial charge in [-0.1, -0.05) is 18.2 Å². The molecule has 2 N–H and O–H groups in total. The second kappa shape index (κ2) is 4.17. The minimum absolute atomic E-state index is 0.106. The Morgan fingerprint density at radius 2 is 1.87 bits per heavy atom. The molecule has 1 aromatic carbocycles. The van der Waals surface area contributed by atoms with E-state index in [1.807, 2.05) is 30.3 Å². The normalized spacial score (nSPS) is 16.7. The summed E-state index contributed by atoms with van der Waals surface area (Å²) in [6, 6.07) is 9.54. The lowest BCUT2D eigenvalue weighted by Gasteiger charge is -2.16. The number of aliphatic hydroxyl groups excluding tert-OH is 1. The zero-order chi connectivity index (χ0) is 10.7. The highest BCUT2D eigenvalue weighted by Gasteiger charge is 2.19. The van der Waals surface area contributed by atoms with E-state index in [4.69, 9.17) is 0 Å². The summed E-state index contributed by atoms with van der Waals surface area (Å²) in [5, 5.41) is 12.6. The monoisotopic (exact) mass is 203 g/mol. The van der Waals surface area contributed by atoms with Crippen LogP contribution in [-0.4, -0.2) is 10.9 Å². The average Bonchev–Trinajstić information content (AvgIpc) is 2.26. The molecule has 3 heteroatoms. The first-order valence-electron chi connectivity index (χ1n) is 5.05. The Balaban J connectivity index is 2.18. The molecule has 0 heterocycles. The number of anilines is 1. The molecule has 0 fully saturated rings. The lowest BCUT2D eigenvalue weighted by molar-refractivity contribution is -0.118. The highest BCUT2D eigenvalue weighted by molar-refractivity contribution is 5.95. The van der Waals surface area contributed by atoms with Crippen molar-refractivity contribution in [1.82, 2.24) is 0 Å². The molecule has 0 amide bonds. The van der Waals surface area contributed by atoms with Gasteiger partial charge in [0, 0.05) is 12.1 Å². The van der Waals surface area contributed by atoms with Crippen molar-refractivity contribution in [3.63, 3.8) is 0 Å². The highest BCUT2D eigenvalue weighted by Crippen LogP contribution is 2.22. The smallest absolute Gasteiger partial charge is 0.198 e. The Labute approximate surface area is 88.4 Å². The van der Waals surface area contributed by atoms with Crippen molar-refractivity contribution < 1.29 is 9.90 Å². The number of Topliss-reactive ketones (excluding diaryl/α,β-unsaturated/α-hetero) is 1. The van der Waals surface area contributed by atoms with Gasteiger partial charge in [0.1, 0.15) is 0 Å². The summed E-state index contributed by atoms with van der Waals surface area (Å²) in [5.74, 6) is -0.273. The molecule has 0 aliphatic heterocycles. The van der Waals surface area contributed by atoms with E-state index >= 15 is 0 Å². The van der Waals surface area contributed by atoms with Crippen LogP contribution in [0.1, 0.15) is 19.3 Å². The molecule has 0 radical (unpaired) electrons. The van der Waals surface area contributed by atoms with E-state index in [2.05, 4.69) is 5.32 Å². The van der Waals surface area contributed by atoms with Crippen molar-refractivity contribution in [3.05, 3.63) is 41.8 Å². The van der Waals surface area contributed by atoms with Crippen LogP contribution < -0.4 is 5.32 Å². The number of rotatable bonds is 2. The zero-order valence-corrected chi connectivity index (χ0v) is 8.36. The molecule has 1 aromatic rings. The molecule has 0 saturated heterocycles. The number of allylic oxidation sites excluding steroid dienone is 2. The number of aliphatic hydroxyl groups is 1. The molecular weight excluding hydrogens is 190 g/mol. The van der Waals surface area contributed by atoms with Crippen molar-refractivity contribution in [2.75, 3.05) is 5.32 Å². The van der Waals surface area contributed by atoms with Crippen LogP contribution in [0.4, 0.5) is 5.69 Å². The van der Waals surface area contributed by atoms with Gasteiger partial charge >= 0.3 is 0 Å². The molecule has 0 saturated carbocycles. The van der Waals surface area contributed by atoms with Crippen molar-refractivity contribution in [3.8, 4) is 0 Å². The van der Waals surface area contributed by atoms with Gasteiger partial charge in [-0.3, -0.25) is 4.79 Å². The number of nitrogens with one attached hydrogen (secondary N) is 1. The average molecular weight is 203 g/mol. The molecule has 1 aliphatic rings. The lowest BCUT2D eigenvalue weighted by atomic mass is 10.0. The molecule has 3 nitrogen and oxygen atoms in total. The maximum absolute atomic E-state index is 11.2. The third-order valence-corrected chi connectivity index (χ3v) is 2.45. The predicted molar refractivity (Wildman–Crippen MR) is 58.6 cm³/mol. The maximum Gasteiger partial charge on any atom is 0.198 e. The van der Waals surface area contributed by atoms with Gasteiger partial charge in [-0.25, -0.2) is 0 Å². The summed E-state index contributed by atoms with van der Waals surface area (Å²) in [5.41, 5.74) is 1.53. The van der Waals surface area contributed by atoms with Gasteiger partial charge < -0.3 is 10.4 Å². The van der Waals surface area contributed by atoms with Gasteiger partial charge in [0.2, 0.25) is 0 Å². The Kier molecular flexibility index (Phi) is 2.72. The maximum atomic E-state index is 11.2. The molecular formula is C12H13NO2. The topological polar surface area (TPSA) is 49.3 Å². The van der Waals surface area contributed by atoms with Crippen LogP contribution in [0.2, 0.25) is 0 Å². The summed E-state index contributed by atoms with van der Waals surface area (Å²) in [4.78, 5) is 11.2. The van der Waals surface area contributed by atoms with Crippen LogP contribution in [-0.2, 0) is 4.79 Å². The van der Waals surface area contributed by atoms with E-state index in [0.717, 1.165) is 18.5 Å². The zero-order valence-electron chi connectivity index (χ0n) is 8.36. The molecule has 15 heavy (non-hydrogen) atoms. The van der Waals surface area contributed by atoms with Gasteiger partial charge in [-0.2, -0.15) is 0 Å². The number of carbonyl (C=O) groups is 1. The number of hydrogen-bond donors (Lipinski definition) is 2. The Morgan fingerprint density at radius 1 is 1.13 bits per heavy atom. The second-order valence-corrected chi connectivity index (χ2v) is 3.59. The summed E-state index contributed by atoms with van der Waals surface area (Å²) >= 11 is 0. The Bertz CT molecular complexity index is 395. The fraction of sp³-hybridized carbons (Fsp3) is 0.250. The first-order valence-corrected chi connectivity index (χ1v) is 5.05. The van der Waals surface area contributed by atoms with E-state index in [1.54, 1.807) is 0 Å². The van der Waals surface area contributed by atoms with Crippen LogP contribution in [0.3, 0.4) is 0 Å². The van der Waals surface area contributed by atoms with Crippen LogP contribution in [0.5, 0.6) is 0 Å². The quantitative estimate of drug-likeness (QED) is 0.776. The Morgan fingerprint density at radius 3 is 2.60 bits per heavy atom. The molecule has 0 bridgehead atoms. The van der Waals surface area contributed by atoms with E-state index in [0.29, 0.717) is 12.1 Å². The summed E-state index contributed by atoms with van der Waals surface area (Å²) in [6.07, 6.45) is 1.98. The second-order valence-electron chi connectivity index (χ2n) is 3.59. The molecule has 0 unspecified atom stereocenters. The van der Waals surface area contributed by atoms with Crippen LogP contribution >= 0.6 is 0 Å². The SMILES string of the molecule is O=C1CCCC(Nc2ccccc2)=C1O. The third kappa shape index (κ3) is 2.18. The van der Waals surface area contributed by atoms with Crippen molar-refractivity contribution in [2.24, 2.45) is 0 Å². The van der Waals surface area contributed by atoms with E-state index in [1.165, 1.54) is 0 Å². The standard InChI is InChI=1S/C12H13NO2/c14-11-8-4-7-10(12(11)15)13-9-5-2-1-3-6-9/h1-3,5-6,13,15H,4,7-8H2. The minimum Gasteiger partial charge on any atom is -0.503 e. The first-order chi connectivity index (χ1) is 7.27. The first kappa shape index (κ1) is 9.77. The van der Waals surface area contributed by atoms with Crippen LogP contribution in [0.25, 0.3) is 0 Å². The number of para-hydroxylation sites is 1. The highest BCUT2D eigenvalue weighted by atomic mass is 16.3. The van der Waals surface area contributed by atoms with Crippen molar-refractivity contribution >= 4 is 11.5 Å². The molecule has 0 aromatic heterocycles. The lowest BCUT2D eigenvalue weighted by Crippen LogP contribution is -2.15. The van der Waals surface area contributed by atoms with Crippen LogP contribution in [0.15, 0.2) is 41.8 Å². The molecule has 0 atom stereocenters. The molecule has 0 spiro atoms. The largest absolute Gasteiger partial charge is 0.503 e. The van der Waals surface area contributed by atoms with Gasteiger partial charge in [0.25, 0.3) is 0 Å². The van der Waals surface area contributed by atoms with Crippen molar-refractivity contribution in [2.45, 2.75) is 19.3 Å². The van der Waals surface area contributed by atoms with Gasteiger partial charge in [-0.05, 0) is 25.0 Å². The molecule has 2 rings (SSSR count). The summed E-state index contributed by atoms with van der Waals surface area (Å²) in [6.45, 7) is 0. The molecule has 78 valence electrons. The van der Waals surface area contributed by atoms with Gasteiger partial charge in [0.05, 0.1) is 5.70 Å². The fourth-order valence-corrected chi connectivity index (χ4v) is 1.65. The number of hydrogen-bond acceptors (Lipinski definition) is 3. The van der Waals surface area contributed by atoms with Gasteiger partial charge in [0.15, 0.2) is 11.5 Å². The number of ketones is 1. The minimum atomic E-state index is -0.167. The number of carbonyl (C=O) groups excluding carboxylic acids is 1. The number of benzene rings is 1. The molecule has 1 aliphatic carbocycles. The van der Waals surface area contributed by atoms with E-state index < -0.39 is 0 Å². The van der Waals surface area contributed by atoms with E-state index in [9.17, 15) is 9.90 Å². The van der Waals surface area contributed by atoms with Crippen LogP contribution in [0, 0.1) is 0 Å². The van der Waals surface area contributed by atoms with Crippen molar-refractivity contribution in [1.29, 1.82) is 0 Å². The predicted octanol–water partition coefficient (Wildman–Crippen LogP) is 2.62. The van der Waals surface area contributed by atoms with E-state index in [-0.39, 0.29) is 11.5 Å².